The molecule has 0 aliphatic carbocycles. The van der Waals surface area contributed by atoms with E-state index in [0.29, 0.717) is 35.2 Å². The highest BCUT2D eigenvalue weighted by molar-refractivity contribution is 6.42. The summed E-state index contributed by atoms with van der Waals surface area (Å²) in [6.45, 7) is 5.65. The standard InChI is InChI=1S/C26H29Cl2N7O4/c27-20-7-6-18(16-21(20)28)25-19-17-33(39-26(29)36)11-8-22(19)34(30-25)10-3-9-31-12-14-32(15-13-31)23-4-1-2-5-24(23)35(37)38/h1-2,4-7,16H,3,8-15,17H2,(H2,29,36). The minimum atomic E-state index is -0.844. The van der Waals surface area contributed by atoms with Gasteiger partial charge in [0.1, 0.15) is 5.69 Å². The summed E-state index contributed by atoms with van der Waals surface area (Å²) in [5.41, 5.74) is 9.75. The van der Waals surface area contributed by atoms with E-state index in [9.17, 15) is 14.9 Å². The number of amides is 1. The lowest BCUT2D eigenvalue weighted by Crippen LogP contribution is -2.47. The summed E-state index contributed by atoms with van der Waals surface area (Å²) in [7, 11) is 0. The second kappa shape index (κ2) is 11.8. The summed E-state index contributed by atoms with van der Waals surface area (Å²) in [5, 5.41) is 18.8. The Kier molecular flexibility index (Phi) is 8.22. The number of para-hydroxylation sites is 2. The van der Waals surface area contributed by atoms with Gasteiger partial charge in [0, 0.05) is 75.1 Å². The van der Waals surface area contributed by atoms with Crippen molar-refractivity contribution in [2.75, 3.05) is 44.2 Å². The number of carbonyl (C=O) groups excluding carboxylic acids is 1. The number of hydrogen-bond donors (Lipinski definition) is 1. The fourth-order valence-electron chi connectivity index (χ4n) is 5.27. The number of aromatic nitrogens is 2. The van der Waals surface area contributed by atoms with Gasteiger partial charge in [-0.1, -0.05) is 41.4 Å². The Hall–Kier alpha value is -3.38. The largest absolute Gasteiger partial charge is 0.423 e. The van der Waals surface area contributed by atoms with Crippen LogP contribution in [0.15, 0.2) is 42.5 Å². The predicted octanol–water partition coefficient (Wildman–Crippen LogP) is 4.35. The summed E-state index contributed by atoms with van der Waals surface area (Å²) in [4.78, 5) is 32.0. The lowest BCUT2D eigenvalue weighted by Gasteiger charge is -2.35. The van der Waals surface area contributed by atoms with Crippen LogP contribution in [-0.4, -0.2) is 70.0 Å². The molecular formula is C26H29Cl2N7O4. The van der Waals surface area contributed by atoms with Crippen LogP contribution in [0.1, 0.15) is 17.7 Å². The average Bonchev–Trinajstić information content (AvgIpc) is 3.28. The molecule has 0 spiro atoms. The number of piperazine rings is 1. The first-order chi connectivity index (χ1) is 18.8. The van der Waals surface area contributed by atoms with Crippen LogP contribution in [0.5, 0.6) is 0 Å². The number of nitrogens with two attached hydrogens (primary N) is 1. The number of nitro groups is 1. The molecule has 1 aromatic heterocycles. The molecule has 3 heterocycles. The van der Waals surface area contributed by atoms with E-state index in [4.69, 9.17) is 38.9 Å². The van der Waals surface area contributed by atoms with Crippen molar-refractivity contribution in [3.63, 3.8) is 0 Å². The fourth-order valence-corrected chi connectivity index (χ4v) is 5.57. The number of hydroxylamine groups is 2. The average molecular weight is 574 g/mol. The molecule has 2 aliphatic rings. The molecule has 2 aromatic carbocycles. The maximum absolute atomic E-state index is 11.4. The number of rotatable bonds is 8. The smallest absolute Gasteiger partial charge is 0.363 e. The molecule has 3 aromatic rings. The van der Waals surface area contributed by atoms with Gasteiger partial charge in [-0.15, -0.1) is 5.06 Å². The van der Waals surface area contributed by atoms with Crippen molar-refractivity contribution in [2.24, 2.45) is 5.73 Å². The van der Waals surface area contributed by atoms with Gasteiger partial charge in [-0.25, -0.2) is 4.79 Å². The SMILES string of the molecule is NC(=O)ON1CCc2c(c(-c3ccc(Cl)c(Cl)c3)nn2CCCN2CCN(c3ccccc3[N+](=O)[O-])CC2)C1. The minimum Gasteiger partial charge on any atom is -0.363 e. The molecule has 0 radical (unpaired) electrons. The number of anilines is 1. The zero-order valence-electron chi connectivity index (χ0n) is 21.3. The molecule has 0 atom stereocenters. The fraction of sp³-hybridized carbons (Fsp3) is 0.385. The lowest BCUT2D eigenvalue weighted by atomic mass is 10.0. The van der Waals surface area contributed by atoms with E-state index < -0.39 is 6.09 Å². The van der Waals surface area contributed by atoms with E-state index in [-0.39, 0.29) is 10.6 Å². The summed E-state index contributed by atoms with van der Waals surface area (Å²) < 4.78 is 2.04. The number of carbonyl (C=O) groups is 1. The Morgan fingerprint density at radius 3 is 2.54 bits per heavy atom. The minimum absolute atomic E-state index is 0.145. The molecule has 0 unspecified atom stereocenters. The lowest BCUT2D eigenvalue weighted by molar-refractivity contribution is -0.384. The number of benzene rings is 2. The quantitative estimate of drug-likeness (QED) is 0.311. The van der Waals surface area contributed by atoms with Gasteiger partial charge in [0.2, 0.25) is 0 Å². The monoisotopic (exact) mass is 573 g/mol. The topological polar surface area (TPSA) is 123 Å². The van der Waals surface area contributed by atoms with E-state index in [1.54, 1.807) is 29.3 Å². The number of primary amides is 1. The molecule has 0 bridgehead atoms. The first kappa shape index (κ1) is 27.2. The predicted molar refractivity (Wildman–Crippen MR) is 149 cm³/mol. The molecule has 0 saturated carbocycles. The molecule has 11 nitrogen and oxygen atoms in total. The normalized spacial score (nSPS) is 16.2. The summed E-state index contributed by atoms with van der Waals surface area (Å²) in [5.74, 6) is 0. The molecule has 5 rings (SSSR count). The van der Waals surface area contributed by atoms with Gasteiger partial charge in [-0.05, 0) is 24.6 Å². The van der Waals surface area contributed by atoms with Crippen molar-refractivity contribution in [3.05, 3.63) is 73.9 Å². The number of halogens is 2. The van der Waals surface area contributed by atoms with Crippen LogP contribution in [0.2, 0.25) is 10.0 Å². The zero-order chi connectivity index (χ0) is 27.5. The summed E-state index contributed by atoms with van der Waals surface area (Å²) in [6, 6.07) is 12.3. The zero-order valence-corrected chi connectivity index (χ0v) is 22.8. The Morgan fingerprint density at radius 1 is 1.05 bits per heavy atom. The highest BCUT2D eigenvalue weighted by atomic mass is 35.5. The van der Waals surface area contributed by atoms with Crippen molar-refractivity contribution in [2.45, 2.75) is 25.9 Å². The van der Waals surface area contributed by atoms with Crippen LogP contribution in [0.4, 0.5) is 16.2 Å². The Morgan fingerprint density at radius 2 is 1.82 bits per heavy atom. The van der Waals surface area contributed by atoms with E-state index in [0.717, 1.165) is 68.2 Å². The maximum atomic E-state index is 11.4. The number of aryl methyl sites for hydroxylation is 1. The van der Waals surface area contributed by atoms with E-state index in [2.05, 4.69) is 9.80 Å². The second-order valence-corrected chi connectivity index (χ2v) is 10.4. The van der Waals surface area contributed by atoms with E-state index in [1.165, 1.54) is 0 Å². The highest BCUT2D eigenvalue weighted by Gasteiger charge is 2.28. The molecule has 206 valence electrons. The molecular weight excluding hydrogens is 545 g/mol. The van der Waals surface area contributed by atoms with E-state index in [1.807, 2.05) is 22.9 Å². The third-order valence-corrected chi connectivity index (χ3v) is 7.89. The maximum Gasteiger partial charge on any atom is 0.423 e. The third-order valence-electron chi connectivity index (χ3n) is 7.15. The van der Waals surface area contributed by atoms with Gasteiger partial charge >= 0.3 is 6.09 Å². The van der Waals surface area contributed by atoms with Crippen molar-refractivity contribution in [3.8, 4) is 11.3 Å². The number of fused-ring (bicyclic) bond motifs is 1. The van der Waals surface area contributed by atoms with Gasteiger partial charge < -0.3 is 15.5 Å². The van der Waals surface area contributed by atoms with Gasteiger partial charge in [0.15, 0.2) is 0 Å². The Labute approximate surface area is 235 Å². The number of nitro benzene ring substituents is 1. The van der Waals surface area contributed by atoms with Gasteiger partial charge in [0.25, 0.3) is 5.69 Å². The van der Waals surface area contributed by atoms with Crippen LogP contribution in [0.25, 0.3) is 11.3 Å². The van der Waals surface area contributed by atoms with Crippen molar-refractivity contribution in [1.29, 1.82) is 0 Å². The van der Waals surface area contributed by atoms with Gasteiger partial charge in [-0.2, -0.15) is 5.10 Å². The van der Waals surface area contributed by atoms with Crippen LogP contribution < -0.4 is 10.6 Å². The van der Waals surface area contributed by atoms with E-state index >= 15 is 0 Å². The number of nitrogens with zero attached hydrogens (tertiary/aromatic N) is 6. The molecule has 1 saturated heterocycles. The number of hydrogen-bond acceptors (Lipinski definition) is 8. The van der Waals surface area contributed by atoms with Crippen molar-refractivity contribution in [1.82, 2.24) is 19.7 Å². The van der Waals surface area contributed by atoms with Crippen LogP contribution in [0.3, 0.4) is 0 Å². The summed E-state index contributed by atoms with van der Waals surface area (Å²) in [6.07, 6.45) is 0.705. The Balaban J connectivity index is 1.25. The van der Waals surface area contributed by atoms with Crippen molar-refractivity contribution >= 4 is 40.7 Å². The molecule has 1 amide bonds. The summed E-state index contributed by atoms with van der Waals surface area (Å²) >= 11 is 12.4. The van der Waals surface area contributed by atoms with Crippen LogP contribution >= 0.6 is 23.2 Å². The van der Waals surface area contributed by atoms with Crippen LogP contribution in [-0.2, 0) is 24.3 Å². The third kappa shape index (κ3) is 6.11. The first-order valence-electron chi connectivity index (χ1n) is 12.8. The highest BCUT2D eigenvalue weighted by Crippen LogP contribution is 2.34. The Bertz CT molecular complexity index is 1370. The van der Waals surface area contributed by atoms with Gasteiger partial charge in [-0.3, -0.25) is 19.7 Å². The molecule has 2 aliphatic heterocycles. The molecule has 1 fully saturated rings. The molecule has 2 N–H and O–H groups in total. The van der Waals surface area contributed by atoms with Crippen molar-refractivity contribution < 1.29 is 14.6 Å². The van der Waals surface area contributed by atoms with Crippen LogP contribution in [0, 0.1) is 10.1 Å². The molecule has 13 heteroatoms. The molecule has 39 heavy (non-hydrogen) atoms. The first-order valence-corrected chi connectivity index (χ1v) is 13.5. The second-order valence-electron chi connectivity index (χ2n) is 9.58. The van der Waals surface area contributed by atoms with Gasteiger partial charge in [0.05, 0.1) is 27.2 Å².